The Morgan fingerprint density at radius 3 is 2.52 bits per heavy atom. The number of hydrogen-bond acceptors (Lipinski definition) is 4. The van der Waals surface area contributed by atoms with Crippen molar-refractivity contribution in [1.82, 2.24) is 10.6 Å². The first-order valence-corrected chi connectivity index (χ1v) is 9.82. The molecule has 2 aromatic carbocycles. The van der Waals surface area contributed by atoms with Gasteiger partial charge in [-0.2, -0.15) is 10.5 Å². The van der Waals surface area contributed by atoms with Crippen molar-refractivity contribution in [3.8, 4) is 23.3 Å². The highest BCUT2D eigenvalue weighted by Crippen LogP contribution is 2.35. The van der Waals surface area contributed by atoms with Crippen LogP contribution in [-0.4, -0.2) is 24.0 Å². The average molecular weight is 388 g/mol. The number of nitrogens with one attached hydrogen (secondary N) is 2. The van der Waals surface area contributed by atoms with Gasteiger partial charge >= 0.3 is 0 Å². The third-order valence-corrected chi connectivity index (χ3v) is 5.93. The van der Waals surface area contributed by atoms with Crippen molar-refractivity contribution in [3.63, 3.8) is 0 Å². The van der Waals surface area contributed by atoms with Crippen LogP contribution in [0.5, 0.6) is 0 Å². The van der Waals surface area contributed by atoms with Gasteiger partial charge in [-0.25, -0.2) is 4.39 Å². The second-order valence-electron chi connectivity index (χ2n) is 7.81. The number of halogens is 1. The van der Waals surface area contributed by atoms with Gasteiger partial charge in [-0.15, -0.1) is 0 Å². The number of rotatable bonds is 5. The fourth-order valence-corrected chi connectivity index (χ4v) is 4.40. The molecule has 2 bridgehead atoms. The second kappa shape index (κ2) is 8.03. The van der Waals surface area contributed by atoms with Gasteiger partial charge in [0.2, 0.25) is 5.91 Å². The van der Waals surface area contributed by atoms with Crippen LogP contribution in [0.4, 0.5) is 4.39 Å². The molecule has 4 atom stereocenters. The van der Waals surface area contributed by atoms with Crippen LogP contribution in [0.1, 0.15) is 30.4 Å². The minimum Gasteiger partial charge on any atom is -0.339 e. The number of amides is 1. The van der Waals surface area contributed by atoms with Crippen LogP contribution >= 0.6 is 0 Å². The van der Waals surface area contributed by atoms with E-state index >= 15 is 0 Å². The Balaban J connectivity index is 1.39. The molecular formula is C23H21FN4O. The zero-order chi connectivity index (χ0) is 20.4. The molecular weight excluding hydrogens is 367 g/mol. The van der Waals surface area contributed by atoms with Crippen molar-refractivity contribution in [2.75, 3.05) is 0 Å². The number of carbonyl (C=O) groups is 1. The van der Waals surface area contributed by atoms with Gasteiger partial charge in [-0.05, 0) is 54.0 Å². The maximum atomic E-state index is 13.8. The first-order chi connectivity index (χ1) is 14.1. The van der Waals surface area contributed by atoms with Crippen molar-refractivity contribution in [2.45, 2.75) is 43.8 Å². The summed E-state index contributed by atoms with van der Waals surface area (Å²) in [4.78, 5) is 12.5. The standard InChI is InChI=1S/C23H21FN4O/c24-21-11-16(5-6-18(21)12-25)15-3-1-14(2-4-15)9-20(13-26)28-23(29)22-17-7-8-19(10-17)27-22/h1-6,11,17,19-20,22,27H,7-10H2,(H,28,29)/t17-,19+,20+,22-/m0/s1. The van der Waals surface area contributed by atoms with E-state index in [0.29, 0.717) is 23.9 Å². The normalized spacial score (nSPS) is 23.2. The first kappa shape index (κ1) is 19.1. The van der Waals surface area contributed by atoms with Gasteiger partial charge in [0.15, 0.2) is 0 Å². The lowest BCUT2D eigenvalue weighted by Crippen LogP contribution is -2.50. The Labute approximate surface area is 169 Å². The van der Waals surface area contributed by atoms with Crippen LogP contribution in [0.15, 0.2) is 42.5 Å². The van der Waals surface area contributed by atoms with E-state index in [-0.39, 0.29) is 17.5 Å². The van der Waals surface area contributed by atoms with E-state index in [4.69, 9.17) is 5.26 Å². The van der Waals surface area contributed by atoms with E-state index in [1.807, 2.05) is 30.3 Å². The number of benzene rings is 2. The molecule has 1 heterocycles. The molecule has 0 spiro atoms. The molecule has 0 aromatic heterocycles. The number of nitriles is 2. The molecule has 1 saturated carbocycles. The summed E-state index contributed by atoms with van der Waals surface area (Å²) < 4.78 is 13.8. The van der Waals surface area contributed by atoms with Crippen molar-refractivity contribution in [1.29, 1.82) is 10.5 Å². The van der Waals surface area contributed by atoms with Gasteiger partial charge in [0.25, 0.3) is 0 Å². The van der Waals surface area contributed by atoms with E-state index in [9.17, 15) is 14.4 Å². The van der Waals surface area contributed by atoms with Crippen molar-refractivity contribution in [3.05, 3.63) is 59.4 Å². The fourth-order valence-electron chi connectivity index (χ4n) is 4.40. The summed E-state index contributed by atoms with van der Waals surface area (Å²) in [6.07, 6.45) is 3.66. The molecule has 2 fully saturated rings. The molecule has 1 aliphatic carbocycles. The topological polar surface area (TPSA) is 88.7 Å². The van der Waals surface area contributed by atoms with Crippen LogP contribution in [-0.2, 0) is 11.2 Å². The number of fused-ring (bicyclic) bond motifs is 2. The second-order valence-corrected chi connectivity index (χ2v) is 7.81. The molecule has 0 radical (unpaired) electrons. The molecule has 1 aliphatic heterocycles. The van der Waals surface area contributed by atoms with E-state index in [1.54, 1.807) is 6.07 Å². The van der Waals surface area contributed by atoms with E-state index in [0.717, 1.165) is 30.4 Å². The molecule has 2 aromatic rings. The number of piperidine rings is 1. The summed E-state index contributed by atoms with van der Waals surface area (Å²) in [6, 6.07) is 15.6. The minimum absolute atomic E-state index is 0.0166. The Bertz CT molecular complexity index is 1010. The predicted molar refractivity (Wildman–Crippen MR) is 106 cm³/mol. The molecule has 146 valence electrons. The first-order valence-electron chi connectivity index (χ1n) is 9.82. The minimum atomic E-state index is -0.596. The summed E-state index contributed by atoms with van der Waals surface area (Å²) in [7, 11) is 0. The van der Waals surface area contributed by atoms with Crippen molar-refractivity contribution in [2.24, 2.45) is 5.92 Å². The number of hydrogen-bond donors (Lipinski definition) is 2. The maximum Gasteiger partial charge on any atom is 0.238 e. The van der Waals surface area contributed by atoms with Crippen LogP contribution in [0.3, 0.4) is 0 Å². The molecule has 1 amide bonds. The number of nitrogens with zero attached hydrogens (tertiary/aromatic N) is 2. The maximum absolute atomic E-state index is 13.8. The van der Waals surface area contributed by atoms with Crippen LogP contribution in [0.2, 0.25) is 0 Å². The highest BCUT2D eigenvalue weighted by Gasteiger charge is 2.43. The van der Waals surface area contributed by atoms with Crippen LogP contribution in [0.25, 0.3) is 11.1 Å². The quantitative estimate of drug-likeness (QED) is 0.824. The fraction of sp³-hybridized carbons (Fsp3) is 0.348. The summed E-state index contributed by atoms with van der Waals surface area (Å²) >= 11 is 0. The van der Waals surface area contributed by atoms with Crippen molar-refractivity contribution < 1.29 is 9.18 Å². The van der Waals surface area contributed by atoms with Gasteiger partial charge in [-0.1, -0.05) is 30.3 Å². The summed E-state index contributed by atoms with van der Waals surface area (Å²) in [6.45, 7) is 0. The lowest BCUT2D eigenvalue weighted by Gasteiger charge is -2.23. The molecule has 0 unspecified atom stereocenters. The molecule has 2 N–H and O–H groups in total. The van der Waals surface area contributed by atoms with E-state index in [2.05, 4.69) is 16.7 Å². The monoisotopic (exact) mass is 388 g/mol. The van der Waals surface area contributed by atoms with Gasteiger partial charge in [-0.3, -0.25) is 4.79 Å². The molecule has 1 saturated heterocycles. The smallest absolute Gasteiger partial charge is 0.238 e. The number of carbonyl (C=O) groups excluding carboxylic acids is 1. The Kier molecular flexibility index (Phi) is 5.29. The molecule has 2 aliphatic rings. The summed E-state index contributed by atoms with van der Waals surface area (Å²) in [5.41, 5.74) is 2.43. The highest BCUT2D eigenvalue weighted by atomic mass is 19.1. The summed E-state index contributed by atoms with van der Waals surface area (Å²) in [5, 5.41) is 24.5. The average Bonchev–Trinajstić information content (AvgIpc) is 3.37. The molecule has 29 heavy (non-hydrogen) atoms. The third-order valence-electron chi connectivity index (χ3n) is 5.93. The summed E-state index contributed by atoms with van der Waals surface area (Å²) in [5.74, 6) is -0.254. The Morgan fingerprint density at radius 1 is 1.17 bits per heavy atom. The lowest BCUT2D eigenvalue weighted by atomic mass is 9.98. The lowest BCUT2D eigenvalue weighted by molar-refractivity contribution is -0.124. The van der Waals surface area contributed by atoms with Crippen LogP contribution in [0, 0.1) is 34.4 Å². The van der Waals surface area contributed by atoms with Gasteiger partial charge < -0.3 is 10.6 Å². The Morgan fingerprint density at radius 2 is 1.93 bits per heavy atom. The SMILES string of the molecule is N#Cc1ccc(-c2ccc(C[C@H](C#N)NC(=O)[C@H]3N[C@@H]4CC[C@H]3C4)cc2)cc1F. The zero-order valence-corrected chi connectivity index (χ0v) is 15.9. The van der Waals surface area contributed by atoms with Gasteiger partial charge in [0.1, 0.15) is 17.9 Å². The van der Waals surface area contributed by atoms with Gasteiger partial charge in [0, 0.05) is 12.5 Å². The predicted octanol–water partition coefficient (Wildman–Crippen LogP) is 3.06. The third kappa shape index (κ3) is 3.99. The molecule has 6 heteroatoms. The van der Waals surface area contributed by atoms with E-state index < -0.39 is 11.9 Å². The van der Waals surface area contributed by atoms with Crippen molar-refractivity contribution >= 4 is 5.91 Å². The Hall–Kier alpha value is -3.22. The van der Waals surface area contributed by atoms with E-state index in [1.165, 1.54) is 12.1 Å². The molecule has 4 rings (SSSR count). The van der Waals surface area contributed by atoms with Gasteiger partial charge in [0.05, 0.1) is 17.7 Å². The largest absolute Gasteiger partial charge is 0.339 e. The molecule has 5 nitrogen and oxygen atoms in total. The zero-order valence-electron chi connectivity index (χ0n) is 15.9. The highest BCUT2D eigenvalue weighted by molar-refractivity contribution is 5.83. The van der Waals surface area contributed by atoms with Crippen LogP contribution < -0.4 is 10.6 Å².